The van der Waals surface area contributed by atoms with Crippen LogP contribution >= 0.6 is 0 Å². The van der Waals surface area contributed by atoms with Crippen LogP contribution < -0.4 is 0 Å². The van der Waals surface area contributed by atoms with Gasteiger partial charge in [0.05, 0.1) is 12.7 Å². The zero-order valence-electron chi connectivity index (χ0n) is 10.3. The van der Waals surface area contributed by atoms with E-state index in [0.717, 1.165) is 6.61 Å². The molecule has 2 aromatic carbocycles. The van der Waals surface area contributed by atoms with Crippen LogP contribution in [0.3, 0.4) is 0 Å². The molecule has 18 heavy (non-hydrogen) atoms. The predicted octanol–water partition coefficient (Wildman–Crippen LogP) is 3.39. The molecule has 90 valence electrons. The molecule has 1 saturated heterocycles. The summed E-state index contributed by atoms with van der Waals surface area (Å²) in [7, 11) is 0. The first-order valence-corrected chi connectivity index (χ1v) is 6.64. The van der Waals surface area contributed by atoms with E-state index in [0.29, 0.717) is 12.0 Å². The Balaban J connectivity index is 1.81. The summed E-state index contributed by atoms with van der Waals surface area (Å²) in [5.74, 6) is 0.669. The van der Waals surface area contributed by atoms with E-state index in [1.807, 2.05) is 0 Å². The first-order chi connectivity index (χ1) is 8.91. The highest BCUT2D eigenvalue weighted by Gasteiger charge is 2.62. The second-order valence-electron chi connectivity index (χ2n) is 5.39. The van der Waals surface area contributed by atoms with Gasteiger partial charge in [-0.2, -0.15) is 0 Å². The van der Waals surface area contributed by atoms with E-state index in [9.17, 15) is 0 Å². The minimum Gasteiger partial charge on any atom is -0.373 e. The quantitative estimate of drug-likeness (QED) is 0.744. The zero-order chi connectivity index (χ0) is 12.0. The van der Waals surface area contributed by atoms with E-state index in [-0.39, 0.29) is 5.41 Å². The lowest BCUT2D eigenvalue weighted by molar-refractivity contribution is 0.376. The van der Waals surface area contributed by atoms with Gasteiger partial charge in [-0.1, -0.05) is 60.7 Å². The highest BCUT2D eigenvalue weighted by Crippen LogP contribution is 2.62. The molecule has 1 saturated carbocycles. The Morgan fingerprint density at radius 1 is 0.833 bits per heavy atom. The molecule has 0 radical (unpaired) electrons. The van der Waals surface area contributed by atoms with Gasteiger partial charge in [0.2, 0.25) is 0 Å². The lowest BCUT2D eigenvalue weighted by Crippen LogP contribution is -2.14. The van der Waals surface area contributed by atoms with Crippen molar-refractivity contribution in [1.29, 1.82) is 0 Å². The molecule has 1 heteroatoms. The van der Waals surface area contributed by atoms with Crippen LogP contribution in [-0.2, 0) is 10.2 Å². The highest BCUT2D eigenvalue weighted by atomic mass is 16.6. The Kier molecular flexibility index (Phi) is 2.12. The van der Waals surface area contributed by atoms with Crippen molar-refractivity contribution in [2.75, 3.05) is 6.61 Å². The molecular formula is C17H16O. The molecule has 1 nitrogen and oxygen atoms in total. The van der Waals surface area contributed by atoms with Crippen LogP contribution in [0.4, 0.5) is 0 Å². The van der Waals surface area contributed by atoms with Gasteiger partial charge in [-0.15, -0.1) is 0 Å². The van der Waals surface area contributed by atoms with E-state index in [1.165, 1.54) is 17.5 Å². The van der Waals surface area contributed by atoms with Crippen LogP contribution in [0.1, 0.15) is 17.5 Å². The number of hydrogen-bond acceptors (Lipinski definition) is 1. The van der Waals surface area contributed by atoms with Crippen molar-refractivity contribution in [3.63, 3.8) is 0 Å². The van der Waals surface area contributed by atoms with Gasteiger partial charge in [-0.3, -0.25) is 0 Å². The van der Waals surface area contributed by atoms with Gasteiger partial charge >= 0.3 is 0 Å². The average molecular weight is 236 g/mol. The second-order valence-corrected chi connectivity index (χ2v) is 5.39. The maximum absolute atomic E-state index is 5.53. The van der Waals surface area contributed by atoms with Gasteiger partial charge in [0, 0.05) is 11.3 Å². The molecule has 0 aromatic heterocycles. The van der Waals surface area contributed by atoms with E-state index >= 15 is 0 Å². The molecule has 0 N–H and O–H groups in total. The Labute approximate surface area is 107 Å². The summed E-state index contributed by atoms with van der Waals surface area (Å²) in [5, 5.41) is 0. The Bertz CT molecular complexity index is 503. The molecule has 4 rings (SSSR count). The van der Waals surface area contributed by atoms with Gasteiger partial charge in [0.25, 0.3) is 0 Å². The van der Waals surface area contributed by atoms with Crippen molar-refractivity contribution in [2.45, 2.75) is 17.9 Å². The van der Waals surface area contributed by atoms with Crippen molar-refractivity contribution >= 4 is 0 Å². The largest absolute Gasteiger partial charge is 0.373 e. The third kappa shape index (κ3) is 1.44. The molecule has 0 spiro atoms. The van der Waals surface area contributed by atoms with Crippen LogP contribution in [0.15, 0.2) is 60.7 Å². The van der Waals surface area contributed by atoms with Crippen LogP contribution in [-0.4, -0.2) is 12.7 Å². The van der Waals surface area contributed by atoms with Crippen LogP contribution in [0.5, 0.6) is 0 Å². The molecule has 1 heterocycles. The monoisotopic (exact) mass is 236 g/mol. The molecule has 2 aromatic rings. The molecule has 0 bridgehead atoms. The number of hydrogen-bond donors (Lipinski definition) is 0. The molecule has 2 atom stereocenters. The molecule has 0 amide bonds. The number of benzene rings is 2. The maximum atomic E-state index is 5.53. The van der Waals surface area contributed by atoms with E-state index in [1.54, 1.807) is 0 Å². The maximum Gasteiger partial charge on any atom is 0.0850 e. The standard InChI is InChI=1S/C17H16O/c1-3-7-13(8-4-1)17(11-15(17)16-12-18-16)14-9-5-2-6-10-14/h1-10,15-16H,11-12H2. The van der Waals surface area contributed by atoms with Crippen molar-refractivity contribution < 1.29 is 4.74 Å². The summed E-state index contributed by atoms with van der Waals surface area (Å²) >= 11 is 0. The topological polar surface area (TPSA) is 12.5 Å². The second kappa shape index (κ2) is 3.69. The first kappa shape index (κ1) is 10.3. The summed E-state index contributed by atoms with van der Waals surface area (Å²) in [5.41, 5.74) is 3.09. The fourth-order valence-corrected chi connectivity index (χ4v) is 3.33. The number of rotatable bonds is 3. The van der Waals surface area contributed by atoms with Gasteiger partial charge in [-0.05, 0) is 17.5 Å². The molecule has 2 unspecified atom stereocenters. The molecule has 1 aliphatic heterocycles. The highest BCUT2D eigenvalue weighted by molar-refractivity contribution is 5.48. The van der Waals surface area contributed by atoms with Crippen LogP contribution in [0, 0.1) is 5.92 Å². The lowest BCUT2D eigenvalue weighted by Gasteiger charge is -2.18. The minimum atomic E-state index is 0.212. The fraction of sp³-hybridized carbons (Fsp3) is 0.294. The number of epoxide rings is 1. The summed E-state index contributed by atoms with van der Waals surface area (Å²) in [6.45, 7) is 0.950. The van der Waals surface area contributed by atoms with Crippen molar-refractivity contribution in [3.8, 4) is 0 Å². The van der Waals surface area contributed by atoms with E-state index in [4.69, 9.17) is 4.74 Å². The summed E-state index contributed by atoms with van der Waals surface area (Å²) < 4.78 is 5.53. The summed E-state index contributed by atoms with van der Waals surface area (Å²) in [6, 6.07) is 21.8. The smallest absolute Gasteiger partial charge is 0.0850 e. The van der Waals surface area contributed by atoms with Crippen LogP contribution in [0.25, 0.3) is 0 Å². The van der Waals surface area contributed by atoms with Gasteiger partial charge in [0.15, 0.2) is 0 Å². The van der Waals surface area contributed by atoms with Crippen molar-refractivity contribution in [2.24, 2.45) is 5.92 Å². The molecule has 2 fully saturated rings. The third-order valence-electron chi connectivity index (χ3n) is 4.40. The van der Waals surface area contributed by atoms with Crippen molar-refractivity contribution in [3.05, 3.63) is 71.8 Å². The molecular weight excluding hydrogens is 220 g/mol. The van der Waals surface area contributed by atoms with Gasteiger partial charge < -0.3 is 4.74 Å². The Hall–Kier alpha value is -1.60. The minimum absolute atomic E-state index is 0.212. The number of ether oxygens (including phenoxy) is 1. The Morgan fingerprint density at radius 3 is 1.78 bits per heavy atom. The predicted molar refractivity (Wildman–Crippen MR) is 71.5 cm³/mol. The Morgan fingerprint density at radius 2 is 1.33 bits per heavy atom. The van der Waals surface area contributed by atoms with Crippen LogP contribution in [0.2, 0.25) is 0 Å². The van der Waals surface area contributed by atoms with Gasteiger partial charge in [0.1, 0.15) is 0 Å². The summed E-state index contributed by atoms with van der Waals surface area (Å²) in [4.78, 5) is 0. The van der Waals surface area contributed by atoms with Gasteiger partial charge in [-0.25, -0.2) is 0 Å². The average Bonchev–Trinajstić information content (AvgIpc) is 3.33. The normalized spacial score (nSPS) is 27.8. The fourth-order valence-electron chi connectivity index (χ4n) is 3.33. The zero-order valence-corrected chi connectivity index (χ0v) is 10.3. The molecule has 2 aliphatic rings. The van der Waals surface area contributed by atoms with Crippen molar-refractivity contribution in [1.82, 2.24) is 0 Å². The summed E-state index contributed by atoms with van der Waals surface area (Å²) in [6.07, 6.45) is 1.72. The first-order valence-electron chi connectivity index (χ1n) is 6.64. The molecule has 1 aliphatic carbocycles. The SMILES string of the molecule is c1ccc(C2(c3ccccc3)CC2C2CO2)cc1. The van der Waals surface area contributed by atoms with E-state index < -0.39 is 0 Å². The lowest BCUT2D eigenvalue weighted by atomic mass is 9.85. The third-order valence-corrected chi connectivity index (χ3v) is 4.40. The van der Waals surface area contributed by atoms with E-state index in [2.05, 4.69) is 60.7 Å².